The Morgan fingerprint density at radius 1 is 1.30 bits per heavy atom. The number of rotatable bonds is 5. The largest absolute Gasteiger partial charge is 0.456 e. The van der Waals surface area contributed by atoms with Crippen LogP contribution in [0.15, 0.2) is 34.5 Å². The first kappa shape index (κ1) is 21.7. The lowest BCUT2D eigenvalue weighted by molar-refractivity contribution is -0.147. The fourth-order valence-corrected chi connectivity index (χ4v) is 4.30. The molecule has 2 amide bonds. The molecule has 156 valence electrons. The Morgan fingerprint density at radius 3 is 2.77 bits per heavy atom. The van der Waals surface area contributed by atoms with Crippen molar-refractivity contribution >= 4 is 51.6 Å². The van der Waals surface area contributed by atoms with Gasteiger partial charge in [-0.1, -0.05) is 0 Å². The Morgan fingerprint density at radius 2 is 2.07 bits per heavy atom. The molecule has 0 radical (unpaired) electrons. The zero-order valence-electron chi connectivity index (χ0n) is 14.9. The van der Waals surface area contributed by atoms with Crippen LogP contribution in [0.2, 0.25) is 0 Å². The standard InChI is InChI=1S/C18H12F3N3O4S2/c19-18(20,21)10-1-2-12-11(5-10)23-16(27)13(30-12)6-15(26)28-8-14(25)24-17-9(7-22)3-4-29-17/h1-5,13H,6,8H2,(H,23,27)(H,24,25). The molecule has 2 aromatic rings. The second-order valence-electron chi connectivity index (χ2n) is 5.99. The summed E-state index contributed by atoms with van der Waals surface area (Å²) < 4.78 is 43.2. The van der Waals surface area contributed by atoms with Gasteiger partial charge in [0.1, 0.15) is 11.1 Å². The lowest BCUT2D eigenvalue weighted by Crippen LogP contribution is -2.32. The minimum atomic E-state index is -4.54. The van der Waals surface area contributed by atoms with E-state index in [4.69, 9.17) is 10.00 Å². The Bertz CT molecular complexity index is 1050. The summed E-state index contributed by atoms with van der Waals surface area (Å²) in [6, 6.07) is 6.38. The van der Waals surface area contributed by atoms with Crippen LogP contribution >= 0.6 is 23.1 Å². The molecule has 3 rings (SSSR count). The van der Waals surface area contributed by atoms with E-state index in [9.17, 15) is 27.6 Å². The quantitative estimate of drug-likeness (QED) is 0.667. The highest BCUT2D eigenvalue weighted by Crippen LogP contribution is 2.40. The van der Waals surface area contributed by atoms with Gasteiger partial charge < -0.3 is 15.4 Å². The van der Waals surface area contributed by atoms with E-state index < -0.39 is 41.4 Å². The summed E-state index contributed by atoms with van der Waals surface area (Å²) >= 11 is 2.08. The van der Waals surface area contributed by atoms with Crippen LogP contribution in [0.3, 0.4) is 0 Å². The molecule has 2 heterocycles. The van der Waals surface area contributed by atoms with Gasteiger partial charge >= 0.3 is 12.1 Å². The average Bonchev–Trinajstić information content (AvgIpc) is 3.13. The third-order valence-corrected chi connectivity index (χ3v) is 5.99. The number of benzene rings is 1. The number of nitrogens with one attached hydrogen (secondary N) is 2. The fraction of sp³-hybridized carbons (Fsp3) is 0.222. The van der Waals surface area contributed by atoms with Gasteiger partial charge in [0.25, 0.3) is 5.91 Å². The van der Waals surface area contributed by atoms with Crippen LogP contribution in [0.4, 0.5) is 23.9 Å². The minimum Gasteiger partial charge on any atom is -0.456 e. The molecule has 1 unspecified atom stereocenters. The maximum absolute atomic E-state index is 12.8. The molecular weight excluding hydrogens is 443 g/mol. The maximum atomic E-state index is 12.8. The number of fused-ring (bicyclic) bond motifs is 1. The minimum absolute atomic E-state index is 0.0214. The number of esters is 1. The van der Waals surface area contributed by atoms with Crippen LogP contribution in [-0.2, 0) is 25.3 Å². The van der Waals surface area contributed by atoms with Crippen molar-refractivity contribution in [3.63, 3.8) is 0 Å². The molecule has 0 bridgehead atoms. The summed E-state index contributed by atoms with van der Waals surface area (Å²) in [4.78, 5) is 36.4. The highest BCUT2D eigenvalue weighted by molar-refractivity contribution is 8.01. The first-order valence-electron chi connectivity index (χ1n) is 8.29. The number of ether oxygens (including phenoxy) is 1. The molecule has 1 aliphatic rings. The third-order valence-electron chi connectivity index (χ3n) is 3.88. The number of nitrogens with zero attached hydrogens (tertiary/aromatic N) is 1. The summed E-state index contributed by atoms with van der Waals surface area (Å²) in [6.45, 7) is -0.605. The van der Waals surface area contributed by atoms with E-state index in [2.05, 4.69) is 10.6 Å². The maximum Gasteiger partial charge on any atom is 0.416 e. The predicted octanol–water partition coefficient (Wildman–Crippen LogP) is 3.62. The number of amides is 2. The van der Waals surface area contributed by atoms with E-state index in [-0.39, 0.29) is 17.7 Å². The summed E-state index contributed by atoms with van der Waals surface area (Å²) in [5.74, 6) is -2.10. The van der Waals surface area contributed by atoms with Crippen LogP contribution in [0.5, 0.6) is 0 Å². The molecule has 1 aromatic carbocycles. The van der Waals surface area contributed by atoms with Crippen LogP contribution in [0, 0.1) is 11.3 Å². The lowest BCUT2D eigenvalue weighted by atomic mass is 10.1. The van der Waals surface area contributed by atoms with Gasteiger partial charge in [0.05, 0.1) is 28.5 Å². The van der Waals surface area contributed by atoms with Crippen molar-refractivity contribution in [3.05, 3.63) is 40.8 Å². The van der Waals surface area contributed by atoms with E-state index >= 15 is 0 Å². The third kappa shape index (κ3) is 5.11. The van der Waals surface area contributed by atoms with Crippen LogP contribution in [0.1, 0.15) is 17.5 Å². The molecule has 0 saturated carbocycles. The topological polar surface area (TPSA) is 108 Å². The summed E-state index contributed by atoms with van der Waals surface area (Å²) in [7, 11) is 0. The molecule has 30 heavy (non-hydrogen) atoms. The van der Waals surface area contributed by atoms with Gasteiger partial charge in [0, 0.05) is 4.90 Å². The molecule has 0 saturated heterocycles. The highest BCUT2D eigenvalue weighted by Gasteiger charge is 2.34. The first-order valence-corrected chi connectivity index (χ1v) is 10.0. The van der Waals surface area contributed by atoms with Gasteiger partial charge in [-0.25, -0.2) is 0 Å². The van der Waals surface area contributed by atoms with Crippen molar-refractivity contribution in [2.45, 2.75) is 22.7 Å². The number of nitriles is 1. The fourth-order valence-electron chi connectivity index (χ4n) is 2.47. The normalized spacial score (nSPS) is 15.5. The van der Waals surface area contributed by atoms with Gasteiger partial charge in [-0.2, -0.15) is 18.4 Å². The SMILES string of the molecule is N#Cc1ccsc1NC(=O)COC(=O)CC1Sc2ccc(C(F)(F)F)cc2NC1=O. The number of carbonyl (C=O) groups excluding carboxylic acids is 3. The van der Waals surface area contributed by atoms with Crippen molar-refractivity contribution in [2.24, 2.45) is 0 Å². The molecule has 0 aliphatic carbocycles. The smallest absolute Gasteiger partial charge is 0.416 e. The molecule has 1 aliphatic heterocycles. The number of thiophene rings is 1. The van der Waals surface area contributed by atoms with E-state index in [0.717, 1.165) is 35.2 Å². The van der Waals surface area contributed by atoms with Crippen molar-refractivity contribution in [1.82, 2.24) is 0 Å². The van der Waals surface area contributed by atoms with Crippen molar-refractivity contribution in [2.75, 3.05) is 17.2 Å². The molecule has 12 heteroatoms. The Hall–Kier alpha value is -3.04. The predicted molar refractivity (Wildman–Crippen MR) is 103 cm³/mol. The number of hydrogen-bond acceptors (Lipinski definition) is 7. The van der Waals surface area contributed by atoms with Gasteiger partial charge in [-0.05, 0) is 29.6 Å². The van der Waals surface area contributed by atoms with Crippen LogP contribution in [0.25, 0.3) is 0 Å². The first-order chi connectivity index (χ1) is 14.2. The number of thioether (sulfide) groups is 1. The van der Waals surface area contributed by atoms with Crippen molar-refractivity contribution in [1.29, 1.82) is 5.26 Å². The number of anilines is 2. The molecule has 0 spiro atoms. The summed E-state index contributed by atoms with van der Waals surface area (Å²) in [5.41, 5.74) is -0.591. The summed E-state index contributed by atoms with van der Waals surface area (Å²) in [6.07, 6.45) is -4.91. The average molecular weight is 455 g/mol. The molecule has 1 aromatic heterocycles. The number of alkyl halides is 3. The Balaban J connectivity index is 1.54. The van der Waals surface area contributed by atoms with Crippen molar-refractivity contribution < 1.29 is 32.3 Å². The van der Waals surface area contributed by atoms with Crippen LogP contribution < -0.4 is 10.6 Å². The lowest BCUT2D eigenvalue weighted by Gasteiger charge is -2.24. The number of carbonyl (C=O) groups is 3. The van der Waals surface area contributed by atoms with E-state index in [1.165, 1.54) is 12.1 Å². The molecule has 7 nitrogen and oxygen atoms in total. The zero-order chi connectivity index (χ0) is 21.9. The van der Waals surface area contributed by atoms with Crippen LogP contribution in [-0.4, -0.2) is 29.6 Å². The van der Waals surface area contributed by atoms with E-state index in [1.54, 1.807) is 5.38 Å². The van der Waals surface area contributed by atoms with Gasteiger partial charge in [-0.15, -0.1) is 23.1 Å². The molecular formula is C18H12F3N3O4S2. The zero-order valence-corrected chi connectivity index (χ0v) is 16.5. The van der Waals surface area contributed by atoms with Gasteiger partial charge in [-0.3, -0.25) is 14.4 Å². The summed E-state index contributed by atoms with van der Waals surface area (Å²) in [5, 5.41) is 14.7. The molecule has 0 fully saturated rings. The number of halogens is 3. The van der Waals surface area contributed by atoms with Gasteiger partial charge in [0.15, 0.2) is 6.61 Å². The monoisotopic (exact) mass is 455 g/mol. The molecule has 1 atom stereocenters. The Kier molecular flexibility index (Phi) is 6.33. The highest BCUT2D eigenvalue weighted by atomic mass is 32.2. The second-order valence-corrected chi connectivity index (χ2v) is 8.15. The molecule has 2 N–H and O–H groups in total. The Labute approximate surface area is 176 Å². The van der Waals surface area contributed by atoms with Crippen molar-refractivity contribution in [3.8, 4) is 6.07 Å². The van der Waals surface area contributed by atoms with E-state index in [1.807, 2.05) is 6.07 Å². The van der Waals surface area contributed by atoms with E-state index in [0.29, 0.717) is 9.90 Å². The van der Waals surface area contributed by atoms with Gasteiger partial charge in [0.2, 0.25) is 5.91 Å². The second kappa shape index (κ2) is 8.76. The number of hydrogen-bond donors (Lipinski definition) is 2.